The van der Waals surface area contributed by atoms with E-state index in [1.807, 2.05) is 24.0 Å². The van der Waals surface area contributed by atoms with Crippen LogP contribution in [-0.2, 0) is 6.42 Å². The smallest absolute Gasteiger partial charge is 0.258 e. The van der Waals surface area contributed by atoms with Crippen LogP contribution in [0.5, 0.6) is 0 Å². The minimum Gasteiger partial charge on any atom is -0.398 e. The van der Waals surface area contributed by atoms with Crippen molar-refractivity contribution in [3.05, 3.63) is 58.7 Å². The number of nitrogens with zero attached hydrogens (tertiary/aromatic N) is 1. The molecular formula is C18H20N2O. The Kier molecular flexibility index (Phi) is 3.42. The predicted octanol–water partition coefficient (Wildman–Crippen LogP) is 3.48. The maximum absolute atomic E-state index is 12.8. The Hall–Kier alpha value is -2.29. The van der Waals surface area contributed by atoms with Gasteiger partial charge in [-0.1, -0.05) is 23.8 Å². The van der Waals surface area contributed by atoms with E-state index in [9.17, 15) is 4.79 Å². The van der Waals surface area contributed by atoms with Crippen molar-refractivity contribution >= 4 is 17.3 Å². The van der Waals surface area contributed by atoms with Gasteiger partial charge in [0, 0.05) is 23.5 Å². The summed E-state index contributed by atoms with van der Waals surface area (Å²) in [5.41, 5.74) is 11.8. The molecule has 2 aromatic rings. The van der Waals surface area contributed by atoms with Crippen molar-refractivity contribution in [1.82, 2.24) is 0 Å². The molecule has 21 heavy (non-hydrogen) atoms. The van der Waals surface area contributed by atoms with Crippen LogP contribution >= 0.6 is 0 Å². The summed E-state index contributed by atoms with van der Waals surface area (Å²) >= 11 is 0. The minimum atomic E-state index is 0.0338. The van der Waals surface area contributed by atoms with E-state index in [-0.39, 0.29) is 5.91 Å². The molecule has 0 radical (unpaired) electrons. The van der Waals surface area contributed by atoms with Crippen molar-refractivity contribution in [2.24, 2.45) is 0 Å². The van der Waals surface area contributed by atoms with Crippen LogP contribution in [0.4, 0.5) is 11.4 Å². The standard InChI is InChI=1S/C18H20N2O/c1-12-5-8-17-14(10-12)4-3-9-20(17)18(21)15-7-6-13(2)16(19)11-15/h5-8,10-11H,3-4,9,19H2,1-2H3. The molecule has 2 N–H and O–H groups in total. The van der Waals surface area contributed by atoms with Crippen molar-refractivity contribution in [2.45, 2.75) is 26.7 Å². The Morgan fingerprint density at radius 3 is 2.71 bits per heavy atom. The van der Waals surface area contributed by atoms with Gasteiger partial charge in [-0.3, -0.25) is 4.79 Å². The maximum atomic E-state index is 12.8. The van der Waals surface area contributed by atoms with Crippen molar-refractivity contribution in [3.63, 3.8) is 0 Å². The van der Waals surface area contributed by atoms with E-state index in [1.165, 1.54) is 11.1 Å². The Morgan fingerprint density at radius 2 is 1.95 bits per heavy atom. The zero-order valence-corrected chi connectivity index (χ0v) is 12.5. The highest BCUT2D eigenvalue weighted by Crippen LogP contribution is 2.29. The van der Waals surface area contributed by atoms with E-state index < -0.39 is 0 Å². The zero-order chi connectivity index (χ0) is 15.0. The number of hydrogen-bond donors (Lipinski definition) is 1. The highest BCUT2D eigenvalue weighted by atomic mass is 16.2. The number of rotatable bonds is 1. The molecule has 1 amide bonds. The van der Waals surface area contributed by atoms with Crippen LogP contribution in [-0.4, -0.2) is 12.5 Å². The Bertz CT molecular complexity index is 706. The summed E-state index contributed by atoms with van der Waals surface area (Å²) in [7, 11) is 0. The number of nitrogens with two attached hydrogens (primary N) is 1. The van der Waals surface area contributed by atoms with Gasteiger partial charge in [0.05, 0.1) is 0 Å². The SMILES string of the molecule is Cc1ccc2c(c1)CCCN2C(=O)c1ccc(C)c(N)c1. The second kappa shape index (κ2) is 5.24. The molecule has 0 aliphatic carbocycles. The summed E-state index contributed by atoms with van der Waals surface area (Å²) in [5.74, 6) is 0.0338. The maximum Gasteiger partial charge on any atom is 0.258 e. The van der Waals surface area contributed by atoms with Gasteiger partial charge in [-0.05, 0) is 56.0 Å². The van der Waals surface area contributed by atoms with E-state index in [4.69, 9.17) is 5.73 Å². The van der Waals surface area contributed by atoms with E-state index in [0.29, 0.717) is 11.3 Å². The molecule has 1 aliphatic rings. The summed E-state index contributed by atoms with van der Waals surface area (Å²) in [6, 6.07) is 11.8. The van der Waals surface area contributed by atoms with Crippen molar-refractivity contribution in [1.29, 1.82) is 0 Å². The zero-order valence-electron chi connectivity index (χ0n) is 12.5. The normalized spacial score (nSPS) is 13.9. The summed E-state index contributed by atoms with van der Waals surface area (Å²) in [4.78, 5) is 14.7. The van der Waals surface area contributed by atoms with Gasteiger partial charge < -0.3 is 10.6 Å². The first-order chi connectivity index (χ1) is 10.1. The third kappa shape index (κ3) is 2.51. The lowest BCUT2D eigenvalue weighted by molar-refractivity contribution is 0.0985. The van der Waals surface area contributed by atoms with Crippen LogP contribution in [0.15, 0.2) is 36.4 Å². The Balaban J connectivity index is 1.98. The number of aryl methyl sites for hydroxylation is 3. The van der Waals surface area contributed by atoms with Gasteiger partial charge >= 0.3 is 0 Å². The molecular weight excluding hydrogens is 260 g/mol. The molecule has 3 nitrogen and oxygen atoms in total. The molecule has 0 aromatic heterocycles. The van der Waals surface area contributed by atoms with Crippen molar-refractivity contribution in [2.75, 3.05) is 17.2 Å². The second-order valence-corrected chi connectivity index (χ2v) is 5.76. The van der Waals surface area contributed by atoms with Gasteiger partial charge in [-0.2, -0.15) is 0 Å². The first-order valence-corrected chi connectivity index (χ1v) is 7.34. The lowest BCUT2D eigenvalue weighted by Crippen LogP contribution is -2.35. The average molecular weight is 280 g/mol. The Labute approximate surface area is 125 Å². The minimum absolute atomic E-state index is 0.0338. The monoisotopic (exact) mass is 280 g/mol. The summed E-state index contributed by atoms with van der Waals surface area (Å²) in [6.45, 7) is 4.80. The number of anilines is 2. The lowest BCUT2D eigenvalue weighted by Gasteiger charge is -2.30. The summed E-state index contributed by atoms with van der Waals surface area (Å²) in [6.07, 6.45) is 2.04. The van der Waals surface area contributed by atoms with Crippen LogP contribution < -0.4 is 10.6 Å². The van der Waals surface area contributed by atoms with Crippen LogP contribution in [0.2, 0.25) is 0 Å². The number of benzene rings is 2. The van der Waals surface area contributed by atoms with E-state index in [1.54, 1.807) is 6.07 Å². The fraction of sp³-hybridized carbons (Fsp3) is 0.278. The molecule has 3 rings (SSSR count). The molecule has 0 saturated carbocycles. The molecule has 0 spiro atoms. The number of carbonyl (C=O) groups excluding carboxylic acids is 1. The quantitative estimate of drug-likeness (QED) is 0.813. The third-order valence-corrected chi connectivity index (χ3v) is 4.12. The molecule has 108 valence electrons. The number of amides is 1. The van der Waals surface area contributed by atoms with Crippen LogP contribution in [0, 0.1) is 13.8 Å². The van der Waals surface area contributed by atoms with Gasteiger partial charge in [-0.15, -0.1) is 0 Å². The second-order valence-electron chi connectivity index (χ2n) is 5.76. The number of hydrogen-bond acceptors (Lipinski definition) is 2. The van der Waals surface area contributed by atoms with Gasteiger partial charge in [0.1, 0.15) is 0 Å². The van der Waals surface area contributed by atoms with Gasteiger partial charge in [0.2, 0.25) is 0 Å². The number of fused-ring (bicyclic) bond motifs is 1. The largest absolute Gasteiger partial charge is 0.398 e. The molecule has 0 bridgehead atoms. The molecule has 0 unspecified atom stereocenters. The first kappa shape index (κ1) is 13.7. The molecule has 2 aromatic carbocycles. The molecule has 0 fully saturated rings. The number of nitrogen functional groups attached to an aromatic ring is 1. The van der Waals surface area contributed by atoms with Gasteiger partial charge in [0.25, 0.3) is 5.91 Å². The molecule has 1 heterocycles. The number of carbonyl (C=O) groups is 1. The highest BCUT2D eigenvalue weighted by molar-refractivity contribution is 6.07. The van der Waals surface area contributed by atoms with Gasteiger partial charge in [-0.25, -0.2) is 0 Å². The first-order valence-electron chi connectivity index (χ1n) is 7.34. The summed E-state index contributed by atoms with van der Waals surface area (Å²) < 4.78 is 0. The molecule has 1 aliphatic heterocycles. The van der Waals surface area contributed by atoms with Crippen LogP contribution in [0.1, 0.15) is 33.5 Å². The fourth-order valence-electron chi connectivity index (χ4n) is 2.87. The van der Waals surface area contributed by atoms with Gasteiger partial charge in [0.15, 0.2) is 0 Å². The van der Waals surface area contributed by atoms with Crippen molar-refractivity contribution in [3.8, 4) is 0 Å². The molecule has 0 atom stereocenters. The molecule has 0 saturated heterocycles. The molecule has 3 heteroatoms. The topological polar surface area (TPSA) is 46.3 Å². The van der Waals surface area contributed by atoms with Crippen molar-refractivity contribution < 1.29 is 4.79 Å². The third-order valence-electron chi connectivity index (χ3n) is 4.12. The Morgan fingerprint density at radius 1 is 1.14 bits per heavy atom. The van der Waals surface area contributed by atoms with E-state index >= 15 is 0 Å². The highest BCUT2D eigenvalue weighted by Gasteiger charge is 2.23. The summed E-state index contributed by atoms with van der Waals surface area (Å²) in [5, 5.41) is 0. The fourth-order valence-corrected chi connectivity index (χ4v) is 2.87. The van der Waals surface area contributed by atoms with Crippen LogP contribution in [0.25, 0.3) is 0 Å². The van der Waals surface area contributed by atoms with E-state index in [0.717, 1.165) is 30.6 Å². The average Bonchev–Trinajstić information content (AvgIpc) is 2.48. The lowest BCUT2D eigenvalue weighted by atomic mass is 9.98. The van der Waals surface area contributed by atoms with E-state index in [2.05, 4.69) is 25.1 Å². The van der Waals surface area contributed by atoms with Crippen LogP contribution in [0.3, 0.4) is 0 Å². The predicted molar refractivity (Wildman–Crippen MR) is 86.8 cm³/mol.